The van der Waals surface area contributed by atoms with E-state index in [4.69, 9.17) is 9.73 Å². The zero-order valence-corrected chi connectivity index (χ0v) is 16.8. The molecular weight excluding hydrogens is 324 g/mol. The Labute approximate surface area is 159 Å². The predicted octanol–water partition coefficient (Wildman–Crippen LogP) is 3.15. The average molecular weight is 361 g/mol. The third kappa shape index (κ3) is 6.61. The van der Waals surface area contributed by atoms with E-state index in [9.17, 15) is 0 Å². The van der Waals surface area contributed by atoms with Crippen LogP contribution in [0, 0.1) is 0 Å². The number of aliphatic imine (C=N–C) groups is 1. The molecule has 2 N–H and O–H groups in total. The minimum Gasteiger partial charge on any atom is -0.377 e. The van der Waals surface area contributed by atoms with Crippen molar-refractivity contribution in [1.29, 1.82) is 0 Å². The van der Waals surface area contributed by atoms with E-state index in [1.165, 1.54) is 30.5 Å². The van der Waals surface area contributed by atoms with Crippen LogP contribution in [0.2, 0.25) is 0 Å². The van der Waals surface area contributed by atoms with Crippen LogP contribution in [0.3, 0.4) is 0 Å². The Hall–Kier alpha value is -1.59. The molecule has 0 spiro atoms. The van der Waals surface area contributed by atoms with Crippen molar-refractivity contribution >= 4 is 5.96 Å². The van der Waals surface area contributed by atoms with Crippen molar-refractivity contribution in [2.75, 3.05) is 32.8 Å². The van der Waals surface area contributed by atoms with Gasteiger partial charge in [-0.05, 0) is 50.4 Å². The highest BCUT2D eigenvalue weighted by Gasteiger charge is 2.22. The van der Waals surface area contributed by atoms with E-state index < -0.39 is 0 Å². The molecular formula is C21H36N4O. The van der Waals surface area contributed by atoms with E-state index >= 15 is 0 Å². The molecule has 1 aromatic rings. The van der Waals surface area contributed by atoms with Gasteiger partial charge in [-0.1, -0.05) is 38.1 Å². The Balaban J connectivity index is 1.93. The quantitative estimate of drug-likeness (QED) is 0.382. The lowest BCUT2D eigenvalue weighted by molar-refractivity contribution is 0.121. The molecule has 0 radical (unpaired) electrons. The van der Waals surface area contributed by atoms with Gasteiger partial charge in [0.1, 0.15) is 0 Å². The highest BCUT2D eigenvalue weighted by molar-refractivity contribution is 5.79. The van der Waals surface area contributed by atoms with Gasteiger partial charge in [-0.25, -0.2) is 4.99 Å². The Morgan fingerprint density at radius 2 is 2.00 bits per heavy atom. The molecule has 0 amide bonds. The molecule has 5 heteroatoms. The van der Waals surface area contributed by atoms with Crippen molar-refractivity contribution < 1.29 is 4.74 Å². The Kier molecular flexibility index (Phi) is 9.50. The zero-order chi connectivity index (χ0) is 18.6. The van der Waals surface area contributed by atoms with Crippen LogP contribution in [0.15, 0.2) is 29.3 Å². The molecule has 146 valence electrons. The molecule has 1 atom stereocenters. The van der Waals surface area contributed by atoms with E-state index in [2.05, 4.69) is 60.6 Å². The van der Waals surface area contributed by atoms with Crippen molar-refractivity contribution in [2.24, 2.45) is 4.99 Å². The monoisotopic (exact) mass is 360 g/mol. The van der Waals surface area contributed by atoms with Gasteiger partial charge in [0, 0.05) is 25.7 Å². The number of nitrogens with zero attached hydrogens (tertiary/aromatic N) is 2. The maximum Gasteiger partial charge on any atom is 0.191 e. The van der Waals surface area contributed by atoms with Gasteiger partial charge >= 0.3 is 0 Å². The summed E-state index contributed by atoms with van der Waals surface area (Å²) in [6, 6.07) is 9.05. The molecule has 1 aliphatic rings. The molecule has 0 bridgehead atoms. The van der Waals surface area contributed by atoms with Crippen LogP contribution >= 0.6 is 0 Å². The van der Waals surface area contributed by atoms with E-state index in [0.29, 0.717) is 19.2 Å². The van der Waals surface area contributed by atoms with Crippen molar-refractivity contribution in [1.82, 2.24) is 15.5 Å². The normalized spacial score (nSPS) is 18.3. The van der Waals surface area contributed by atoms with Gasteiger partial charge in [-0.3, -0.25) is 4.90 Å². The standard InChI is InChI=1S/C21H36N4O/c1-4-14-26-17-19-11-8-7-10-18(19)15-23-21(22-5-2)24-16-20-12-9-13-25(20)6-3/h7-8,10-11,20H,4-6,9,12-17H2,1-3H3,(H2,22,23,24). The highest BCUT2D eigenvalue weighted by Crippen LogP contribution is 2.15. The van der Waals surface area contributed by atoms with Crippen LogP contribution < -0.4 is 10.6 Å². The number of rotatable bonds is 10. The van der Waals surface area contributed by atoms with Gasteiger partial charge in [0.05, 0.1) is 13.2 Å². The third-order valence-electron chi connectivity index (χ3n) is 4.89. The van der Waals surface area contributed by atoms with Crippen LogP contribution in [-0.4, -0.2) is 49.7 Å². The summed E-state index contributed by atoms with van der Waals surface area (Å²) in [6.07, 6.45) is 3.63. The van der Waals surface area contributed by atoms with Gasteiger partial charge < -0.3 is 15.4 Å². The third-order valence-corrected chi connectivity index (χ3v) is 4.89. The first-order valence-electron chi connectivity index (χ1n) is 10.2. The molecule has 1 saturated heterocycles. The van der Waals surface area contributed by atoms with E-state index in [1.807, 2.05) is 0 Å². The maximum absolute atomic E-state index is 5.72. The number of guanidine groups is 1. The first-order valence-corrected chi connectivity index (χ1v) is 10.2. The summed E-state index contributed by atoms with van der Waals surface area (Å²) < 4.78 is 5.72. The molecule has 1 fully saturated rings. The van der Waals surface area contributed by atoms with Crippen LogP contribution in [0.25, 0.3) is 0 Å². The summed E-state index contributed by atoms with van der Waals surface area (Å²) in [5, 5.41) is 6.91. The summed E-state index contributed by atoms with van der Waals surface area (Å²) in [4.78, 5) is 7.36. The second-order valence-electron chi connectivity index (χ2n) is 6.82. The van der Waals surface area contributed by atoms with Crippen LogP contribution in [0.1, 0.15) is 51.2 Å². The number of ether oxygens (including phenoxy) is 1. The largest absolute Gasteiger partial charge is 0.377 e. The summed E-state index contributed by atoms with van der Waals surface area (Å²) in [7, 11) is 0. The fraction of sp³-hybridized carbons (Fsp3) is 0.667. The number of likely N-dealkylation sites (N-methyl/N-ethyl adjacent to an activating group) is 1. The zero-order valence-electron chi connectivity index (χ0n) is 16.8. The Morgan fingerprint density at radius 3 is 2.73 bits per heavy atom. The molecule has 1 unspecified atom stereocenters. The molecule has 5 nitrogen and oxygen atoms in total. The van der Waals surface area contributed by atoms with Crippen LogP contribution in [0.4, 0.5) is 0 Å². The topological polar surface area (TPSA) is 48.9 Å². The van der Waals surface area contributed by atoms with Crippen molar-refractivity contribution in [3.63, 3.8) is 0 Å². The number of benzene rings is 1. The van der Waals surface area contributed by atoms with Gasteiger partial charge in [0.25, 0.3) is 0 Å². The highest BCUT2D eigenvalue weighted by atomic mass is 16.5. The Morgan fingerprint density at radius 1 is 1.19 bits per heavy atom. The second kappa shape index (κ2) is 11.9. The van der Waals surface area contributed by atoms with Crippen molar-refractivity contribution in [3.05, 3.63) is 35.4 Å². The maximum atomic E-state index is 5.72. The fourth-order valence-electron chi connectivity index (χ4n) is 3.44. The van der Waals surface area contributed by atoms with Gasteiger partial charge in [0.15, 0.2) is 5.96 Å². The number of likely N-dealkylation sites (tertiary alicyclic amines) is 1. The molecule has 1 aliphatic heterocycles. The minimum atomic E-state index is 0.624. The molecule has 0 aromatic heterocycles. The summed E-state index contributed by atoms with van der Waals surface area (Å²) >= 11 is 0. The van der Waals surface area contributed by atoms with Gasteiger partial charge in [0.2, 0.25) is 0 Å². The van der Waals surface area contributed by atoms with Gasteiger partial charge in [-0.2, -0.15) is 0 Å². The molecule has 26 heavy (non-hydrogen) atoms. The Bertz CT molecular complexity index is 547. The van der Waals surface area contributed by atoms with E-state index in [0.717, 1.165) is 38.6 Å². The lowest BCUT2D eigenvalue weighted by Gasteiger charge is -2.24. The SMILES string of the molecule is CCCOCc1ccccc1CN=C(NCC)NCC1CCCN1CC. The van der Waals surface area contributed by atoms with Crippen molar-refractivity contribution in [2.45, 2.75) is 59.2 Å². The second-order valence-corrected chi connectivity index (χ2v) is 6.82. The number of nitrogens with one attached hydrogen (secondary N) is 2. The van der Waals surface area contributed by atoms with Crippen molar-refractivity contribution in [3.8, 4) is 0 Å². The first kappa shape index (κ1) is 20.7. The number of hydrogen-bond acceptors (Lipinski definition) is 3. The summed E-state index contributed by atoms with van der Waals surface area (Å²) in [5.74, 6) is 0.903. The first-order chi connectivity index (χ1) is 12.8. The molecule has 1 aromatic carbocycles. The summed E-state index contributed by atoms with van der Waals surface area (Å²) in [6.45, 7) is 12.8. The van der Waals surface area contributed by atoms with Crippen LogP contribution in [-0.2, 0) is 17.9 Å². The molecule has 1 heterocycles. The molecule has 0 aliphatic carbocycles. The smallest absolute Gasteiger partial charge is 0.191 e. The number of hydrogen-bond donors (Lipinski definition) is 2. The van der Waals surface area contributed by atoms with Crippen LogP contribution in [0.5, 0.6) is 0 Å². The van der Waals surface area contributed by atoms with E-state index in [-0.39, 0.29) is 0 Å². The lowest BCUT2D eigenvalue weighted by Crippen LogP contribution is -2.44. The molecule has 2 rings (SSSR count). The predicted molar refractivity (Wildman–Crippen MR) is 109 cm³/mol. The average Bonchev–Trinajstić information content (AvgIpc) is 3.12. The molecule has 0 saturated carbocycles. The van der Waals surface area contributed by atoms with Gasteiger partial charge in [-0.15, -0.1) is 0 Å². The minimum absolute atomic E-state index is 0.624. The van der Waals surface area contributed by atoms with E-state index in [1.54, 1.807) is 0 Å². The summed E-state index contributed by atoms with van der Waals surface area (Å²) in [5.41, 5.74) is 2.46. The lowest BCUT2D eigenvalue weighted by atomic mass is 10.1. The fourth-order valence-corrected chi connectivity index (χ4v) is 3.44.